The second-order valence-corrected chi connectivity index (χ2v) is 10.0. The molecule has 0 aromatic heterocycles. The van der Waals surface area contributed by atoms with Gasteiger partial charge in [0.05, 0.1) is 17.4 Å². The predicted molar refractivity (Wildman–Crippen MR) is 143 cm³/mol. The number of nitrogens with zero attached hydrogens (tertiary/aromatic N) is 1. The van der Waals surface area contributed by atoms with Gasteiger partial charge in [0.2, 0.25) is 5.91 Å². The molecule has 7 heteroatoms. The number of unbranched alkanes of at least 4 members (excludes halogenated alkanes) is 1. The first-order valence-corrected chi connectivity index (χ1v) is 13.0. The summed E-state index contributed by atoms with van der Waals surface area (Å²) < 4.78 is 5.85. The quantitative estimate of drug-likeness (QED) is 0.360. The van der Waals surface area contributed by atoms with E-state index in [0.29, 0.717) is 30.9 Å². The molecule has 1 unspecified atom stereocenters. The number of nitrogens with one attached hydrogen (secondary N) is 1. The Morgan fingerprint density at radius 1 is 0.972 bits per heavy atom. The van der Waals surface area contributed by atoms with Crippen LogP contribution < -0.4 is 10.1 Å². The molecule has 0 spiro atoms. The molecule has 1 heterocycles. The average Bonchev–Trinajstić information content (AvgIpc) is 3.20. The van der Waals surface area contributed by atoms with E-state index < -0.39 is 0 Å². The molecule has 3 aromatic rings. The zero-order valence-electron chi connectivity index (χ0n) is 20.5. The lowest BCUT2D eigenvalue weighted by molar-refractivity contribution is -0.118. The number of imide groups is 1. The number of carbonyl (C=O) groups is 3. The minimum atomic E-state index is -0.373. The molecule has 1 fully saturated rings. The van der Waals surface area contributed by atoms with Crippen LogP contribution in [0.25, 0.3) is 11.1 Å². The van der Waals surface area contributed by atoms with E-state index in [9.17, 15) is 14.4 Å². The maximum atomic E-state index is 13.2. The summed E-state index contributed by atoms with van der Waals surface area (Å²) in [6.45, 7) is 3.17. The molecule has 3 amide bonds. The number of ether oxygens (including phenoxy) is 1. The van der Waals surface area contributed by atoms with Gasteiger partial charge in [-0.25, -0.2) is 0 Å². The van der Waals surface area contributed by atoms with Gasteiger partial charge in [-0.05, 0) is 53.3 Å². The second-order valence-electron chi connectivity index (χ2n) is 8.84. The first kappa shape index (κ1) is 25.5. The second kappa shape index (κ2) is 11.9. The maximum Gasteiger partial charge on any atom is 0.286 e. The van der Waals surface area contributed by atoms with Crippen LogP contribution in [0.2, 0.25) is 0 Å². The Kier molecular flexibility index (Phi) is 8.44. The normalized spacial score (nSPS) is 15.0. The molecule has 186 valence electrons. The molecule has 4 rings (SSSR count). The van der Waals surface area contributed by atoms with Gasteiger partial charge in [-0.2, -0.15) is 0 Å². The lowest BCUT2D eigenvalue weighted by Gasteiger charge is -2.20. The van der Waals surface area contributed by atoms with Crippen LogP contribution in [0.3, 0.4) is 0 Å². The van der Waals surface area contributed by atoms with Crippen LogP contribution in [0.4, 0.5) is 4.79 Å². The topological polar surface area (TPSA) is 75.7 Å². The zero-order valence-corrected chi connectivity index (χ0v) is 21.3. The largest absolute Gasteiger partial charge is 0.493 e. The minimum Gasteiger partial charge on any atom is -0.493 e. The summed E-state index contributed by atoms with van der Waals surface area (Å²) in [5.41, 5.74) is 4.69. The van der Waals surface area contributed by atoms with Crippen LogP contribution in [-0.4, -0.2) is 40.9 Å². The predicted octanol–water partition coefficient (Wildman–Crippen LogP) is 5.70. The van der Waals surface area contributed by atoms with E-state index in [4.69, 9.17) is 4.74 Å². The number of carbonyl (C=O) groups excluding carboxylic acids is 3. The SMILES string of the molecule is CCCCOc1ccccc1C(=O)N(C)Cc1cccc(-c2ccc(CC3SC(=O)NC3=O)cc2)c1. The van der Waals surface area contributed by atoms with Gasteiger partial charge in [0.15, 0.2) is 0 Å². The third-order valence-electron chi connectivity index (χ3n) is 6.04. The van der Waals surface area contributed by atoms with Crippen molar-refractivity contribution in [1.82, 2.24) is 10.2 Å². The summed E-state index contributed by atoms with van der Waals surface area (Å²) in [6, 6.07) is 23.5. The first-order valence-electron chi connectivity index (χ1n) is 12.1. The molecule has 1 atom stereocenters. The van der Waals surface area contributed by atoms with Crippen molar-refractivity contribution in [2.75, 3.05) is 13.7 Å². The summed E-state index contributed by atoms with van der Waals surface area (Å²) in [5.74, 6) is 0.314. The van der Waals surface area contributed by atoms with E-state index in [1.807, 2.05) is 66.7 Å². The van der Waals surface area contributed by atoms with Crippen LogP contribution >= 0.6 is 11.8 Å². The highest BCUT2D eigenvalue weighted by Gasteiger charge is 2.31. The lowest BCUT2D eigenvalue weighted by atomic mass is 10.00. The van der Waals surface area contributed by atoms with Gasteiger partial charge in [0.25, 0.3) is 11.1 Å². The number of benzene rings is 3. The number of hydrogen-bond acceptors (Lipinski definition) is 5. The smallest absolute Gasteiger partial charge is 0.286 e. The molecular weight excluding hydrogens is 472 g/mol. The van der Waals surface area contributed by atoms with Gasteiger partial charge < -0.3 is 9.64 Å². The van der Waals surface area contributed by atoms with Crippen LogP contribution in [0.15, 0.2) is 72.8 Å². The molecule has 1 N–H and O–H groups in total. The molecule has 36 heavy (non-hydrogen) atoms. The average molecular weight is 503 g/mol. The Hall–Kier alpha value is -3.58. The summed E-state index contributed by atoms with van der Waals surface area (Å²) >= 11 is 1.04. The number of thioether (sulfide) groups is 1. The number of para-hydroxylation sites is 1. The van der Waals surface area contributed by atoms with E-state index in [0.717, 1.165) is 46.9 Å². The van der Waals surface area contributed by atoms with Crippen molar-refractivity contribution in [3.05, 3.63) is 89.5 Å². The highest BCUT2D eigenvalue weighted by atomic mass is 32.2. The Bertz CT molecular complexity index is 1240. The minimum absolute atomic E-state index is 0.0795. The molecule has 1 aliphatic rings. The van der Waals surface area contributed by atoms with Gasteiger partial charge in [0.1, 0.15) is 5.75 Å². The fourth-order valence-electron chi connectivity index (χ4n) is 4.07. The van der Waals surface area contributed by atoms with Crippen molar-refractivity contribution in [2.45, 2.75) is 38.0 Å². The van der Waals surface area contributed by atoms with Crippen LogP contribution in [0.5, 0.6) is 5.75 Å². The van der Waals surface area contributed by atoms with E-state index in [2.05, 4.69) is 18.3 Å². The van der Waals surface area contributed by atoms with Crippen molar-refractivity contribution in [1.29, 1.82) is 0 Å². The third-order valence-corrected chi connectivity index (χ3v) is 7.02. The van der Waals surface area contributed by atoms with E-state index in [-0.39, 0.29) is 22.3 Å². The Labute approximate surface area is 216 Å². The van der Waals surface area contributed by atoms with Crippen molar-refractivity contribution in [3.8, 4) is 16.9 Å². The first-order chi connectivity index (χ1) is 17.4. The fourth-order valence-corrected chi connectivity index (χ4v) is 4.93. The molecule has 0 aliphatic carbocycles. The monoisotopic (exact) mass is 502 g/mol. The van der Waals surface area contributed by atoms with Gasteiger partial charge in [-0.3, -0.25) is 19.7 Å². The highest BCUT2D eigenvalue weighted by Crippen LogP contribution is 2.26. The van der Waals surface area contributed by atoms with Crippen molar-refractivity contribution in [3.63, 3.8) is 0 Å². The summed E-state index contributed by atoms with van der Waals surface area (Å²) in [4.78, 5) is 38.1. The number of hydrogen-bond donors (Lipinski definition) is 1. The Balaban J connectivity index is 1.42. The van der Waals surface area contributed by atoms with Crippen molar-refractivity contribution in [2.24, 2.45) is 0 Å². The highest BCUT2D eigenvalue weighted by molar-refractivity contribution is 8.15. The van der Waals surface area contributed by atoms with Crippen LogP contribution in [0.1, 0.15) is 41.3 Å². The molecule has 1 aliphatic heterocycles. The van der Waals surface area contributed by atoms with E-state index in [1.165, 1.54) is 0 Å². The summed E-state index contributed by atoms with van der Waals surface area (Å²) in [5, 5.41) is 1.67. The molecular formula is C29H30N2O4S. The van der Waals surface area contributed by atoms with Gasteiger partial charge in [-0.15, -0.1) is 0 Å². The van der Waals surface area contributed by atoms with E-state index in [1.54, 1.807) is 11.9 Å². The zero-order chi connectivity index (χ0) is 25.5. The summed E-state index contributed by atoms with van der Waals surface area (Å²) in [6.07, 6.45) is 2.49. The van der Waals surface area contributed by atoms with Crippen LogP contribution in [0, 0.1) is 0 Å². The number of amides is 3. The van der Waals surface area contributed by atoms with Crippen LogP contribution in [-0.2, 0) is 17.8 Å². The van der Waals surface area contributed by atoms with Gasteiger partial charge in [0, 0.05) is 13.6 Å². The van der Waals surface area contributed by atoms with Gasteiger partial charge in [-0.1, -0.05) is 79.7 Å². The lowest BCUT2D eigenvalue weighted by Crippen LogP contribution is -2.26. The molecule has 1 saturated heterocycles. The Morgan fingerprint density at radius 3 is 2.47 bits per heavy atom. The van der Waals surface area contributed by atoms with Gasteiger partial charge >= 0.3 is 0 Å². The molecule has 0 radical (unpaired) electrons. The number of rotatable bonds is 10. The van der Waals surface area contributed by atoms with Crippen molar-refractivity contribution >= 4 is 28.8 Å². The molecule has 0 saturated carbocycles. The van der Waals surface area contributed by atoms with Crippen molar-refractivity contribution < 1.29 is 19.1 Å². The summed E-state index contributed by atoms with van der Waals surface area (Å²) in [7, 11) is 1.80. The molecule has 6 nitrogen and oxygen atoms in total. The Morgan fingerprint density at radius 2 is 1.75 bits per heavy atom. The standard InChI is InChI=1S/C29H30N2O4S/c1-3-4-16-35-25-11-6-5-10-24(25)28(33)31(2)19-21-8-7-9-23(17-21)22-14-12-20(13-15-22)18-26-27(32)30-29(34)36-26/h5-15,17,26H,3-4,16,18-19H2,1-2H3,(H,30,32,34). The van der Waals surface area contributed by atoms with E-state index >= 15 is 0 Å². The molecule has 3 aromatic carbocycles. The third kappa shape index (κ3) is 6.34. The maximum absolute atomic E-state index is 13.2. The molecule has 0 bridgehead atoms. The fraction of sp³-hybridized carbons (Fsp3) is 0.276.